The predicted octanol–water partition coefficient (Wildman–Crippen LogP) is 4.42. The van der Waals surface area contributed by atoms with Crippen molar-refractivity contribution in [2.75, 3.05) is 39.9 Å². The van der Waals surface area contributed by atoms with E-state index in [4.69, 9.17) is 26.7 Å². The van der Waals surface area contributed by atoms with Crippen molar-refractivity contribution in [3.05, 3.63) is 132 Å². The van der Waals surface area contributed by atoms with Crippen LogP contribution in [0.25, 0.3) is 33.4 Å². The van der Waals surface area contributed by atoms with Gasteiger partial charge in [-0.2, -0.15) is 0 Å². The average molecular weight is 884 g/mol. The Bertz CT molecular complexity index is 2450. The van der Waals surface area contributed by atoms with Crippen molar-refractivity contribution in [1.82, 2.24) is 20.9 Å². The molecule has 0 aliphatic carbocycles. The highest BCUT2D eigenvalue weighted by Crippen LogP contribution is 2.40. The predicted molar refractivity (Wildman–Crippen MR) is 249 cm³/mol. The first-order valence-electron chi connectivity index (χ1n) is 21.7. The molecule has 0 fully saturated rings. The molecule has 5 aromatic carbocycles. The van der Waals surface area contributed by atoms with Crippen molar-refractivity contribution in [1.29, 1.82) is 0 Å². The average Bonchev–Trinajstić information content (AvgIpc) is 3.32. The van der Waals surface area contributed by atoms with Crippen LogP contribution in [-0.4, -0.2) is 97.6 Å². The lowest BCUT2D eigenvalue weighted by atomic mass is 9.93. The monoisotopic (exact) mass is 883 g/mol. The number of likely N-dealkylation sites (N-methyl/N-ethyl adjacent to an activating group) is 1. The van der Waals surface area contributed by atoms with Gasteiger partial charge in [0.1, 0.15) is 48.9 Å². The molecule has 65 heavy (non-hydrogen) atoms. The maximum Gasteiger partial charge on any atom is 0.326 e. The van der Waals surface area contributed by atoms with Crippen LogP contribution >= 0.6 is 0 Å². The van der Waals surface area contributed by atoms with Gasteiger partial charge in [-0.1, -0.05) is 78.9 Å². The highest BCUT2D eigenvalue weighted by molar-refractivity contribution is 5.99. The maximum absolute atomic E-state index is 14.8. The van der Waals surface area contributed by atoms with Gasteiger partial charge in [-0.3, -0.25) is 19.2 Å². The number of nitrogens with two attached hydrogens (primary N) is 3. The summed E-state index contributed by atoms with van der Waals surface area (Å²) in [5.74, 6) is -3.04. The molecule has 1 aliphatic rings. The van der Waals surface area contributed by atoms with Crippen LogP contribution in [0, 0.1) is 0 Å². The van der Waals surface area contributed by atoms with Crippen LogP contribution in [0.2, 0.25) is 0 Å². The summed E-state index contributed by atoms with van der Waals surface area (Å²) in [6.07, 6.45) is 1.20. The molecule has 0 spiro atoms. The Balaban J connectivity index is 1.35. The fourth-order valence-corrected chi connectivity index (χ4v) is 7.74. The topological polar surface area (TPSA) is 241 Å². The third kappa shape index (κ3) is 11.9. The van der Waals surface area contributed by atoms with E-state index in [1.807, 2.05) is 54.6 Å². The van der Waals surface area contributed by atoms with Gasteiger partial charge in [0.2, 0.25) is 17.7 Å². The van der Waals surface area contributed by atoms with E-state index in [9.17, 15) is 29.1 Å². The summed E-state index contributed by atoms with van der Waals surface area (Å²) in [6.45, 7) is 2.50. The van der Waals surface area contributed by atoms with Crippen LogP contribution in [0.15, 0.2) is 115 Å². The number of carbonyl (C=O) groups is 5. The van der Waals surface area contributed by atoms with Crippen molar-refractivity contribution in [3.63, 3.8) is 0 Å². The number of hydrogen-bond acceptors (Lipinski definition) is 10. The second kappa shape index (κ2) is 22.5. The summed E-state index contributed by atoms with van der Waals surface area (Å²) >= 11 is 0. The Morgan fingerprint density at radius 2 is 1.29 bits per heavy atom. The van der Waals surface area contributed by atoms with Crippen LogP contribution in [0.1, 0.15) is 53.7 Å². The number of ether oxygens (including phenoxy) is 2. The standard InChI is InChI=1S/C50H57N7O8/c1-31-46(58)56-42(50(62)63)29-32-11-21-43(64-26-24-52)39(28-32)40-30-38(20-22-44(40)65-27-25-53)45(48(60)54-31)57(2)49(61)41(10-6-7-23-51)55-47(59)37-18-16-36(17-19-37)35-14-12-34(13-15-35)33-8-4-3-5-9-33/h3-5,8-9,11-22,28,30-31,41-42,45H,6-7,10,23-27,29,51-53H2,1-2H3,(H,54,60)(H,55,59)(H,56,58)(H,62,63)/t31-,41-,42-,45-/m0/s1. The fraction of sp³-hybridized carbons (Fsp3) is 0.300. The van der Waals surface area contributed by atoms with E-state index < -0.39 is 53.8 Å². The second-order valence-electron chi connectivity index (χ2n) is 15.9. The molecule has 0 aromatic heterocycles. The summed E-state index contributed by atoms with van der Waals surface area (Å²) in [4.78, 5) is 70.3. The lowest BCUT2D eigenvalue weighted by molar-refractivity contribution is -0.143. The first-order chi connectivity index (χ1) is 31.4. The molecule has 5 aromatic rings. The third-order valence-corrected chi connectivity index (χ3v) is 11.2. The number of carboxylic acids is 1. The van der Waals surface area contributed by atoms with Gasteiger partial charge in [-0.15, -0.1) is 0 Å². The Labute approximate surface area is 378 Å². The zero-order valence-electron chi connectivity index (χ0n) is 36.6. The van der Waals surface area contributed by atoms with Gasteiger partial charge >= 0.3 is 5.97 Å². The summed E-state index contributed by atoms with van der Waals surface area (Å²) in [6, 6.07) is 30.4. The molecule has 4 amide bonds. The molecule has 0 radical (unpaired) electrons. The molecule has 1 heterocycles. The number of amides is 4. The van der Waals surface area contributed by atoms with Gasteiger partial charge in [0, 0.05) is 43.2 Å². The van der Waals surface area contributed by atoms with Crippen LogP contribution < -0.4 is 42.6 Å². The molecule has 4 atom stereocenters. The first-order valence-corrected chi connectivity index (χ1v) is 21.7. The molecule has 15 nitrogen and oxygen atoms in total. The van der Waals surface area contributed by atoms with Gasteiger partial charge in [0.15, 0.2) is 0 Å². The molecular formula is C50H57N7O8. The molecule has 1 aliphatic heterocycles. The zero-order valence-corrected chi connectivity index (χ0v) is 36.6. The number of aliphatic carboxylic acids is 1. The second-order valence-corrected chi connectivity index (χ2v) is 15.9. The molecule has 340 valence electrons. The molecule has 6 rings (SSSR count). The van der Waals surface area contributed by atoms with E-state index in [2.05, 4.69) is 28.1 Å². The minimum absolute atomic E-state index is 0.0884. The molecule has 0 saturated carbocycles. The number of rotatable bonds is 17. The Hall–Kier alpha value is -7.07. The van der Waals surface area contributed by atoms with E-state index in [0.29, 0.717) is 58.7 Å². The number of hydrogen-bond donors (Lipinski definition) is 7. The molecule has 15 heteroatoms. The Kier molecular flexibility index (Phi) is 16.4. The minimum Gasteiger partial charge on any atom is -0.492 e. The van der Waals surface area contributed by atoms with Crippen LogP contribution in [0.3, 0.4) is 0 Å². The summed E-state index contributed by atoms with van der Waals surface area (Å²) in [7, 11) is 1.45. The molecule has 0 unspecified atom stereocenters. The zero-order chi connectivity index (χ0) is 46.5. The number of unbranched alkanes of at least 4 members (excludes halogenated alkanes) is 1. The quantitative estimate of drug-likeness (QED) is 0.0645. The van der Waals surface area contributed by atoms with E-state index in [-0.39, 0.29) is 39.1 Å². The van der Waals surface area contributed by atoms with Crippen molar-refractivity contribution in [2.24, 2.45) is 17.2 Å². The van der Waals surface area contributed by atoms with Gasteiger partial charge in [-0.25, -0.2) is 4.79 Å². The van der Waals surface area contributed by atoms with Gasteiger partial charge < -0.3 is 52.6 Å². The van der Waals surface area contributed by atoms with Crippen LogP contribution in [0.4, 0.5) is 0 Å². The van der Waals surface area contributed by atoms with Crippen LogP contribution in [-0.2, 0) is 25.6 Å². The van der Waals surface area contributed by atoms with Crippen molar-refractivity contribution in [3.8, 4) is 44.9 Å². The Morgan fingerprint density at radius 3 is 1.88 bits per heavy atom. The van der Waals surface area contributed by atoms with Gasteiger partial charge in [0.25, 0.3) is 5.91 Å². The molecular weight excluding hydrogens is 827 g/mol. The van der Waals surface area contributed by atoms with Gasteiger partial charge in [0.05, 0.1) is 0 Å². The lowest BCUT2D eigenvalue weighted by Gasteiger charge is -2.32. The minimum atomic E-state index is -1.36. The SMILES string of the molecule is C[C@@H]1NC(=O)[C@@H](N(C)C(=O)[C@H](CCCCN)NC(=O)c2ccc(-c3ccc(-c4ccccc4)cc3)cc2)c2ccc(OCCN)c(c2)-c2cc(ccc2OCCN)C[C@@H](C(=O)O)NC1=O. The van der Waals surface area contributed by atoms with Crippen molar-refractivity contribution in [2.45, 2.75) is 56.8 Å². The fourth-order valence-electron chi connectivity index (χ4n) is 7.74. The van der Waals surface area contributed by atoms with Gasteiger partial charge in [-0.05, 0) is 103 Å². The third-order valence-electron chi connectivity index (χ3n) is 11.2. The highest BCUT2D eigenvalue weighted by atomic mass is 16.5. The highest BCUT2D eigenvalue weighted by Gasteiger charge is 2.36. The number of carbonyl (C=O) groups excluding carboxylic acids is 4. The number of fused-ring (bicyclic) bond motifs is 5. The van der Waals surface area contributed by atoms with Crippen LogP contribution in [0.5, 0.6) is 11.5 Å². The summed E-state index contributed by atoms with van der Waals surface area (Å²) in [5, 5.41) is 18.3. The lowest BCUT2D eigenvalue weighted by Crippen LogP contribution is -2.54. The van der Waals surface area contributed by atoms with Crippen molar-refractivity contribution < 1.29 is 38.6 Å². The molecule has 4 bridgehead atoms. The largest absolute Gasteiger partial charge is 0.492 e. The number of benzene rings is 5. The number of carboxylic acid groups (broad SMARTS) is 1. The molecule has 10 N–H and O–H groups in total. The Morgan fingerprint density at radius 1 is 0.723 bits per heavy atom. The van der Waals surface area contributed by atoms with E-state index in [1.165, 1.54) is 18.9 Å². The molecule has 0 saturated heterocycles. The van der Waals surface area contributed by atoms with E-state index in [1.54, 1.807) is 48.5 Å². The number of nitrogens with one attached hydrogen (secondary N) is 3. The first kappa shape index (κ1) is 47.4. The number of nitrogens with zero attached hydrogens (tertiary/aromatic N) is 1. The normalized spacial score (nSPS) is 16.5. The summed E-state index contributed by atoms with van der Waals surface area (Å²) < 4.78 is 12.1. The van der Waals surface area contributed by atoms with Crippen molar-refractivity contribution >= 4 is 29.6 Å². The smallest absolute Gasteiger partial charge is 0.326 e. The van der Waals surface area contributed by atoms with E-state index in [0.717, 1.165) is 22.3 Å². The van der Waals surface area contributed by atoms with E-state index >= 15 is 0 Å². The maximum atomic E-state index is 14.8. The summed E-state index contributed by atoms with van der Waals surface area (Å²) in [5.41, 5.74) is 23.7.